The van der Waals surface area contributed by atoms with Gasteiger partial charge in [-0.1, -0.05) is 33.6 Å². The van der Waals surface area contributed by atoms with Crippen molar-refractivity contribution in [2.45, 2.75) is 72.1 Å². The Morgan fingerprint density at radius 2 is 1.67 bits per heavy atom. The fourth-order valence-corrected chi connectivity index (χ4v) is 5.34. The molecule has 0 spiro atoms. The third-order valence-corrected chi connectivity index (χ3v) is 5.38. The van der Waals surface area contributed by atoms with Gasteiger partial charge in [0.15, 0.2) is 0 Å². The van der Waals surface area contributed by atoms with Crippen LogP contribution in [-0.4, -0.2) is 13.0 Å². The molecule has 0 aromatic rings. The number of rotatable bonds is 3. The molecule has 2 fully saturated rings. The van der Waals surface area contributed by atoms with E-state index in [4.69, 9.17) is 0 Å². The van der Waals surface area contributed by atoms with Gasteiger partial charge in [0.1, 0.15) is 0 Å². The molecule has 0 aromatic heterocycles. The maximum Gasteiger partial charge on any atom is 0.225 e. The topological polar surface area (TPSA) is 29.1 Å². The SMILES string of the molecule is CCCC1(C(=O)NC)CC2(C)CCCC(C)(C2)C1. The number of carbonyl (C=O) groups excluding carboxylic acids is 1. The van der Waals surface area contributed by atoms with Crippen LogP contribution in [0.15, 0.2) is 0 Å². The highest BCUT2D eigenvalue weighted by atomic mass is 16.2. The van der Waals surface area contributed by atoms with Crippen LogP contribution < -0.4 is 5.32 Å². The molecule has 2 bridgehead atoms. The first-order valence-electron chi connectivity index (χ1n) is 7.59. The Morgan fingerprint density at radius 3 is 2.11 bits per heavy atom. The molecular weight excluding hydrogens is 222 g/mol. The first-order valence-corrected chi connectivity index (χ1v) is 7.59. The van der Waals surface area contributed by atoms with Gasteiger partial charge in [-0.25, -0.2) is 0 Å². The second-order valence-electron chi connectivity index (χ2n) is 7.61. The van der Waals surface area contributed by atoms with E-state index in [-0.39, 0.29) is 5.41 Å². The summed E-state index contributed by atoms with van der Waals surface area (Å²) in [5.41, 5.74) is 0.700. The fourth-order valence-electron chi connectivity index (χ4n) is 5.34. The summed E-state index contributed by atoms with van der Waals surface area (Å²) in [7, 11) is 1.80. The molecule has 0 heterocycles. The van der Waals surface area contributed by atoms with Crippen molar-refractivity contribution >= 4 is 5.91 Å². The van der Waals surface area contributed by atoms with Gasteiger partial charge in [0.05, 0.1) is 5.41 Å². The Hall–Kier alpha value is -0.530. The van der Waals surface area contributed by atoms with Gasteiger partial charge in [0.2, 0.25) is 5.91 Å². The van der Waals surface area contributed by atoms with E-state index in [1.807, 2.05) is 0 Å². The smallest absolute Gasteiger partial charge is 0.225 e. The molecule has 0 aromatic carbocycles. The molecule has 18 heavy (non-hydrogen) atoms. The van der Waals surface area contributed by atoms with Crippen molar-refractivity contribution in [1.29, 1.82) is 0 Å². The molecule has 2 rings (SSSR count). The standard InChI is InChI=1S/C16H29NO/c1-5-7-16(13(18)17-4)11-14(2)8-6-9-15(3,10-14)12-16/h5-12H2,1-4H3,(H,17,18). The van der Waals surface area contributed by atoms with Crippen LogP contribution in [-0.2, 0) is 4.79 Å². The van der Waals surface area contributed by atoms with Gasteiger partial charge >= 0.3 is 0 Å². The van der Waals surface area contributed by atoms with Crippen molar-refractivity contribution < 1.29 is 4.79 Å². The molecule has 1 N–H and O–H groups in total. The molecule has 0 aliphatic heterocycles. The minimum atomic E-state index is -0.0916. The van der Waals surface area contributed by atoms with Gasteiger partial charge in [-0.3, -0.25) is 4.79 Å². The first kappa shape index (κ1) is 13.9. The van der Waals surface area contributed by atoms with Crippen molar-refractivity contribution in [2.75, 3.05) is 7.05 Å². The highest BCUT2D eigenvalue weighted by Gasteiger charge is 2.54. The highest BCUT2D eigenvalue weighted by Crippen LogP contribution is 2.62. The Bertz CT molecular complexity index is 320. The molecule has 104 valence electrons. The molecule has 2 heteroatoms. The zero-order valence-corrected chi connectivity index (χ0v) is 12.6. The molecule has 2 nitrogen and oxygen atoms in total. The Kier molecular flexibility index (Phi) is 3.50. The van der Waals surface area contributed by atoms with E-state index in [0.717, 1.165) is 25.7 Å². The first-order chi connectivity index (χ1) is 8.37. The highest BCUT2D eigenvalue weighted by molar-refractivity contribution is 5.82. The molecule has 2 aliphatic rings. The van der Waals surface area contributed by atoms with Crippen LogP contribution in [0.2, 0.25) is 0 Å². The van der Waals surface area contributed by atoms with E-state index in [1.165, 1.54) is 25.7 Å². The summed E-state index contributed by atoms with van der Waals surface area (Å²) in [6.45, 7) is 7.04. The third kappa shape index (κ3) is 2.31. The Labute approximate surface area is 112 Å². The largest absolute Gasteiger partial charge is 0.359 e. The molecule has 1 amide bonds. The summed E-state index contributed by atoms with van der Waals surface area (Å²) >= 11 is 0. The zero-order chi connectivity index (χ0) is 13.4. The monoisotopic (exact) mass is 251 g/mol. The van der Waals surface area contributed by atoms with Gasteiger partial charge in [-0.05, 0) is 49.4 Å². The molecule has 2 unspecified atom stereocenters. The van der Waals surface area contributed by atoms with Crippen molar-refractivity contribution in [3.63, 3.8) is 0 Å². The lowest BCUT2D eigenvalue weighted by atomic mass is 9.48. The lowest BCUT2D eigenvalue weighted by molar-refractivity contribution is -0.145. The number of hydrogen-bond acceptors (Lipinski definition) is 1. The van der Waals surface area contributed by atoms with Crippen molar-refractivity contribution in [3.05, 3.63) is 0 Å². The predicted octanol–water partition coefficient (Wildman–Crippen LogP) is 3.90. The number of carbonyl (C=O) groups is 1. The minimum absolute atomic E-state index is 0.0916. The van der Waals surface area contributed by atoms with Crippen LogP contribution in [0.4, 0.5) is 0 Å². The maximum atomic E-state index is 12.5. The second-order valence-corrected chi connectivity index (χ2v) is 7.61. The van der Waals surface area contributed by atoms with E-state index in [9.17, 15) is 4.79 Å². The van der Waals surface area contributed by atoms with Gasteiger partial charge in [0, 0.05) is 7.05 Å². The van der Waals surface area contributed by atoms with E-state index >= 15 is 0 Å². The van der Waals surface area contributed by atoms with Crippen LogP contribution in [0.1, 0.15) is 72.1 Å². The van der Waals surface area contributed by atoms with Gasteiger partial charge in [-0.15, -0.1) is 0 Å². The quantitative estimate of drug-likeness (QED) is 0.810. The molecule has 0 radical (unpaired) electrons. The van der Waals surface area contributed by atoms with Crippen molar-refractivity contribution in [1.82, 2.24) is 5.32 Å². The Balaban J connectivity index is 2.33. The summed E-state index contributed by atoms with van der Waals surface area (Å²) in [5.74, 6) is 0.295. The third-order valence-electron chi connectivity index (χ3n) is 5.38. The fraction of sp³-hybridized carbons (Fsp3) is 0.938. The van der Waals surface area contributed by atoms with E-state index < -0.39 is 0 Å². The molecule has 2 saturated carbocycles. The van der Waals surface area contributed by atoms with Crippen LogP contribution in [0.3, 0.4) is 0 Å². The maximum absolute atomic E-state index is 12.5. The summed E-state index contributed by atoms with van der Waals surface area (Å²) in [5, 5.41) is 2.95. The summed E-state index contributed by atoms with van der Waals surface area (Å²) in [6.07, 6.45) is 9.66. The van der Waals surface area contributed by atoms with Crippen LogP contribution in [0.5, 0.6) is 0 Å². The van der Waals surface area contributed by atoms with E-state index in [2.05, 4.69) is 26.1 Å². The minimum Gasteiger partial charge on any atom is -0.359 e. The second kappa shape index (κ2) is 4.54. The normalized spacial score (nSPS) is 43.6. The van der Waals surface area contributed by atoms with Gasteiger partial charge < -0.3 is 5.32 Å². The molecule has 0 saturated heterocycles. The average molecular weight is 251 g/mol. The summed E-state index contributed by atoms with van der Waals surface area (Å²) in [6, 6.07) is 0. The van der Waals surface area contributed by atoms with Gasteiger partial charge in [0.25, 0.3) is 0 Å². The average Bonchev–Trinajstić information content (AvgIpc) is 2.25. The predicted molar refractivity (Wildman–Crippen MR) is 75.3 cm³/mol. The number of nitrogens with one attached hydrogen (secondary N) is 1. The number of amides is 1. The van der Waals surface area contributed by atoms with Crippen LogP contribution in [0.25, 0.3) is 0 Å². The number of fused-ring (bicyclic) bond motifs is 2. The Morgan fingerprint density at radius 1 is 1.11 bits per heavy atom. The van der Waals surface area contributed by atoms with E-state index in [0.29, 0.717) is 16.7 Å². The van der Waals surface area contributed by atoms with Crippen molar-refractivity contribution in [3.8, 4) is 0 Å². The summed E-state index contributed by atoms with van der Waals surface area (Å²) < 4.78 is 0. The summed E-state index contributed by atoms with van der Waals surface area (Å²) in [4.78, 5) is 12.5. The zero-order valence-electron chi connectivity index (χ0n) is 12.6. The number of hydrogen-bond donors (Lipinski definition) is 1. The van der Waals surface area contributed by atoms with Gasteiger partial charge in [-0.2, -0.15) is 0 Å². The van der Waals surface area contributed by atoms with E-state index in [1.54, 1.807) is 7.05 Å². The molecule has 2 aliphatic carbocycles. The lowest BCUT2D eigenvalue weighted by Crippen LogP contribution is -2.52. The molecular formula is C16H29NO. The van der Waals surface area contributed by atoms with Crippen LogP contribution in [0, 0.1) is 16.2 Å². The van der Waals surface area contributed by atoms with Crippen LogP contribution >= 0.6 is 0 Å². The molecule has 2 atom stereocenters. The lowest BCUT2D eigenvalue weighted by Gasteiger charge is -2.56. The van der Waals surface area contributed by atoms with Crippen molar-refractivity contribution in [2.24, 2.45) is 16.2 Å².